The number of hydrogen-bond donors (Lipinski definition) is 3. The lowest BCUT2D eigenvalue weighted by molar-refractivity contribution is -0.276. The van der Waals surface area contributed by atoms with Gasteiger partial charge in [-0.05, 0) is 58.8 Å². The number of amides is 3. The predicted molar refractivity (Wildman–Crippen MR) is 200 cm³/mol. The van der Waals surface area contributed by atoms with Crippen molar-refractivity contribution >= 4 is 17.9 Å². The van der Waals surface area contributed by atoms with E-state index in [2.05, 4.69) is 17.1 Å². The van der Waals surface area contributed by atoms with Gasteiger partial charge in [0.15, 0.2) is 6.29 Å². The maximum Gasteiger partial charge on any atom is 0.408 e. The van der Waals surface area contributed by atoms with Crippen LogP contribution in [-0.4, -0.2) is 75.8 Å². The maximum absolute atomic E-state index is 13.2. The van der Waals surface area contributed by atoms with Crippen LogP contribution >= 0.6 is 0 Å². The summed E-state index contributed by atoms with van der Waals surface area (Å²) in [5.74, 6) is -0.787. The minimum Gasteiger partial charge on any atom is -0.445 e. The second-order valence-corrected chi connectivity index (χ2v) is 14.4. The van der Waals surface area contributed by atoms with E-state index in [9.17, 15) is 24.6 Å². The molecule has 54 heavy (non-hydrogen) atoms. The van der Waals surface area contributed by atoms with Crippen LogP contribution < -0.4 is 5.32 Å². The van der Waals surface area contributed by atoms with Crippen molar-refractivity contribution < 1.29 is 38.8 Å². The van der Waals surface area contributed by atoms with E-state index in [0.29, 0.717) is 6.54 Å². The molecule has 282 valence electrons. The molecule has 3 N–H and O–H groups in total. The van der Waals surface area contributed by atoms with Gasteiger partial charge < -0.3 is 29.7 Å². The Labute approximate surface area is 315 Å². The lowest BCUT2D eigenvalue weighted by Gasteiger charge is -2.43. The number of aliphatic hydroxyl groups excluding tert-OH is 2. The Kier molecular flexibility index (Phi) is 11.8. The molecule has 4 aromatic carbocycles. The molecule has 3 heterocycles. The Morgan fingerprint density at radius 1 is 0.852 bits per heavy atom. The first kappa shape index (κ1) is 37.4. The zero-order chi connectivity index (χ0) is 37.6. The normalized spacial score (nSPS) is 24.5. The van der Waals surface area contributed by atoms with Crippen LogP contribution in [0, 0.1) is 5.92 Å². The molecule has 3 saturated heterocycles. The van der Waals surface area contributed by atoms with E-state index >= 15 is 0 Å². The van der Waals surface area contributed by atoms with E-state index in [0.717, 1.165) is 58.3 Å². The second-order valence-electron chi connectivity index (χ2n) is 14.4. The van der Waals surface area contributed by atoms with Gasteiger partial charge in [0.25, 0.3) is 5.91 Å². The molecule has 0 spiro atoms. The summed E-state index contributed by atoms with van der Waals surface area (Å²) in [5.41, 5.74) is 6.19. The summed E-state index contributed by atoms with van der Waals surface area (Å²) < 4.78 is 18.6. The van der Waals surface area contributed by atoms with Gasteiger partial charge in [0, 0.05) is 24.1 Å². The van der Waals surface area contributed by atoms with Gasteiger partial charge in [-0.2, -0.15) is 0 Å². The summed E-state index contributed by atoms with van der Waals surface area (Å²) in [6, 6.07) is 31.9. The van der Waals surface area contributed by atoms with Crippen LogP contribution in [0.2, 0.25) is 0 Å². The van der Waals surface area contributed by atoms with Gasteiger partial charge in [0.2, 0.25) is 5.91 Å². The number of alkyl carbamates (subject to hydrolysis) is 1. The van der Waals surface area contributed by atoms with Crippen LogP contribution in [0.1, 0.15) is 66.4 Å². The van der Waals surface area contributed by atoms with Crippen LogP contribution in [0.5, 0.6) is 0 Å². The topological polar surface area (TPSA) is 138 Å². The van der Waals surface area contributed by atoms with E-state index in [1.165, 1.54) is 4.90 Å². The molecule has 0 saturated carbocycles. The predicted octanol–water partition coefficient (Wildman–Crippen LogP) is 5.65. The molecule has 11 heteroatoms. The zero-order valence-corrected chi connectivity index (χ0v) is 30.4. The largest absolute Gasteiger partial charge is 0.445 e. The van der Waals surface area contributed by atoms with Crippen molar-refractivity contribution in [3.63, 3.8) is 0 Å². The minimum atomic E-state index is -0.978. The van der Waals surface area contributed by atoms with Crippen molar-refractivity contribution in [2.45, 2.75) is 76.5 Å². The van der Waals surface area contributed by atoms with Gasteiger partial charge in [-0.1, -0.05) is 104 Å². The van der Waals surface area contributed by atoms with Crippen molar-refractivity contribution in [3.8, 4) is 11.1 Å². The monoisotopic (exact) mass is 733 g/mol. The van der Waals surface area contributed by atoms with Crippen LogP contribution in [-0.2, 0) is 43.6 Å². The van der Waals surface area contributed by atoms with Crippen LogP contribution in [0.25, 0.3) is 11.1 Å². The molecular weight excluding hydrogens is 686 g/mol. The first-order chi connectivity index (χ1) is 26.3. The van der Waals surface area contributed by atoms with E-state index in [-0.39, 0.29) is 62.9 Å². The highest BCUT2D eigenvalue weighted by Crippen LogP contribution is 2.42. The molecule has 6 atom stereocenters. The number of hydrogen-bond acceptors (Lipinski definition) is 9. The zero-order valence-electron chi connectivity index (χ0n) is 30.4. The summed E-state index contributed by atoms with van der Waals surface area (Å²) in [6.07, 6.45) is 0.157. The van der Waals surface area contributed by atoms with Gasteiger partial charge in [0.05, 0.1) is 38.4 Å². The molecule has 4 aromatic rings. The molecule has 0 bridgehead atoms. The fraction of sp³-hybridized carbons (Fsp3) is 0.372. The lowest BCUT2D eigenvalue weighted by atomic mass is 9.89. The molecule has 0 aromatic heterocycles. The third-order valence-corrected chi connectivity index (χ3v) is 10.8. The summed E-state index contributed by atoms with van der Waals surface area (Å²) in [5, 5.41) is 22.1. The number of aliphatic hydroxyl groups is 2. The van der Waals surface area contributed by atoms with E-state index < -0.39 is 24.3 Å². The number of carbonyl (C=O) groups is 3. The molecule has 3 aliphatic rings. The highest BCUT2D eigenvalue weighted by atomic mass is 16.7. The van der Waals surface area contributed by atoms with Gasteiger partial charge >= 0.3 is 6.09 Å². The van der Waals surface area contributed by atoms with E-state index in [1.807, 2.05) is 103 Å². The fourth-order valence-electron chi connectivity index (χ4n) is 7.64. The number of nitrogens with one attached hydrogen (secondary N) is 1. The summed E-state index contributed by atoms with van der Waals surface area (Å²) in [4.78, 5) is 42.0. The molecule has 7 rings (SSSR count). The molecule has 3 amide bonds. The first-order valence-corrected chi connectivity index (χ1v) is 18.7. The molecule has 3 aliphatic heterocycles. The highest BCUT2D eigenvalue weighted by molar-refractivity contribution is 6.06. The second kappa shape index (κ2) is 17.0. The molecule has 1 unspecified atom stereocenters. The van der Waals surface area contributed by atoms with Crippen molar-refractivity contribution in [1.29, 1.82) is 0 Å². The average Bonchev–Trinajstić information content (AvgIpc) is 3.77. The third-order valence-electron chi connectivity index (χ3n) is 10.8. The van der Waals surface area contributed by atoms with E-state index in [1.54, 1.807) is 0 Å². The molecule has 0 radical (unpaired) electrons. The third kappa shape index (κ3) is 8.56. The van der Waals surface area contributed by atoms with Gasteiger partial charge in [0.1, 0.15) is 12.6 Å². The Bertz CT molecular complexity index is 1900. The Hall–Kier alpha value is -4.91. The van der Waals surface area contributed by atoms with Crippen LogP contribution in [0.15, 0.2) is 103 Å². The molecular formula is C43H47N3O8. The number of benzene rings is 4. The number of ether oxygens (including phenoxy) is 3. The number of imide groups is 1. The smallest absolute Gasteiger partial charge is 0.408 e. The number of rotatable bonds is 12. The Morgan fingerprint density at radius 2 is 1.59 bits per heavy atom. The van der Waals surface area contributed by atoms with Gasteiger partial charge in [-0.15, -0.1) is 0 Å². The molecule has 3 fully saturated rings. The summed E-state index contributed by atoms with van der Waals surface area (Å²) in [7, 11) is 0. The lowest BCUT2D eigenvalue weighted by Crippen LogP contribution is -2.46. The molecule has 11 nitrogen and oxygen atoms in total. The van der Waals surface area contributed by atoms with Crippen molar-refractivity contribution in [1.82, 2.24) is 15.1 Å². The Morgan fingerprint density at radius 3 is 2.33 bits per heavy atom. The fourth-order valence-corrected chi connectivity index (χ4v) is 7.64. The molecule has 0 aliphatic carbocycles. The van der Waals surface area contributed by atoms with Crippen molar-refractivity contribution in [3.05, 3.63) is 131 Å². The summed E-state index contributed by atoms with van der Waals surface area (Å²) >= 11 is 0. The van der Waals surface area contributed by atoms with Crippen LogP contribution in [0.4, 0.5) is 4.79 Å². The minimum absolute atomic E-state index is 0.0250. The quantitative estimate of drug-likeness (QED) is 0.158. The summed E-state index contributed by atoms with van der Waals surface area (Å²) in [6.45, 7) is 4.01. The average molecular weight is 734 g/mol. The number of carbonyl (C=O) groups excluding carboxylic acids is 3. The van der Waals surface area contributed by atoms with Crippen LogP contribution in [0.3, 0.4) is 0 Å². The first-order valence-electron chi connectivity index (χ1n) is 18.7. The highest BCUT2D eigenvalue weighted by Gasteiger charge is 2.41. The van der Waals surface area contributed by atoms with E-state index in [4.69, 9.17) is 14.2 Å². The van der Waals surface area contributed by atoms with Gasteiger partial charge in [-0.25, -0.2) is 4.79 Å². The Balaban J connectivity index is 1.02. The number of likely N-dealkylation sites (tertiary alicyclic amines) is 2. The number of nitrogens with zero attached hydrogens (tertiary/aromatic N) is 2. The standard InChI is InChI=1S/C43H47N3O8/c1-28-38(24-45-20-6-11-36(45)26-48)53-42(54-40(28)33-14-12-29(25-47)13-15-33)34-18-16-32(17-19-34)35-10-5-9-31(21-35)23-46-39(49)22-37(41(46)50)44-43(51)52-27-30-7-3-2-4-8-30/h2-5,7-10,12-19,21,28,36-38,40,42,47-48H,6,11,20,22-27H2,1H3,(H,44,51)/t28-,36+,37?,38+,40+,42+/m1/s1. The maximum atomic E-state index is 13.2. The SMILES string of the molecule is C[C@@H]1[C@H](CN2CCC[C@H]2CO)O[C@H](c2ccc(-c3cccc(CN4C(=O)CC(NC(=O)OCc5ccccc5)C4=O)c3)cc2)O[C@@H]1c1ccc(CO)cc1. The van der Waals surface area contributed by atoms with Crippen molar-refractivity contribution in [2.24, 2.45) is 5.92 Å². The van der Waals surface area contributed by atoms with Gasteiger partial charge in [-0.3, -0.25) is 19.4 Å². The van der Waals surface area contributed by atoms with Crippen molar-refractivity contribution in [2.75, 3.05) is 19.7 Å².